The summed E-state index contributed by atoms with van der Waals surface area (Å²) in [4.78, 5) is 2.39. The van der Waals surface area contributed by atoms with Crippen molar-refractivity contribution in [2.24, 2.45) is 5.73 Å². The Morgan fingerprint density at radius 1 is 1.47 bits per heavy atom. The number of fused-ring (bicyclic) bond motifs is 1. The van der Waals surface area contributed by atoms with Gasteiger partial charge in [-0.1, -0.05) is 0 Å². The van der Waals surface area contributed by atoms with Gasteiger partial charge < -0.3 is 10.6 Å². The molecule has 0 bridgehead atoms. The normalized spacial score (nSPS) is 23.5. The Labute approximate surface area is 101 Å². The number of H-pyrrole nitrogens is 1. The van der Waals surface area contributed by atoms with Crippen LogP contribution in [0.15, 0.2) is 24.4 Å². The van der Waals surface area contributed by atoms with Crippen molar-refractivity contribution in [1.29, 1.82) is 0 Å². The van der Waals surface area contributed by atoms with Gasteiger partial charge in [-0.15, -0.1) is 0 Å². The minimum absolute atomic E-state index is 0.0215. The summed E-state index contributed by atoms with van der Waals surface area (Å²) in [5.74, 6) is 0. The lowest BCUT2D eigenvalue weighted by atomic mass is 9.96. The highest BCUT2D eigenvalue weighted by Gasteiger charge is 2.39. The quantitative estimate of drug-likeness (QED) is 0.786. The number of aromatic amines is 1. The van der Waals surface area contributed by atoms with Gasteiger partial charge in [0.2, 0.25) is 0 Å². The second-order valence-corrected chi connectivity index (χ2v) is 5.34. The van der Waals surface area contributed by atoms with Gasteiger partial charge in [-0.2, -0.15) is 5.10 Å². The standard InChI is InChI=1S/C13H18N4/c1-13(2)12(14)5-6-17(13)10-4-3-9-8-15-16-11(9)7-10/h3-4,7-8,12H,5-6,14H2,1-2H3,(H,15,16). The zero-order chi connectivity index (χ0) is 12.0. The predicted octanol–water partition coefficient (Wildman–Crippen LogP) is 1.88. The van der Waals surface area contributed by atoms with Crippen molar-refractivity contribution >= 4 is 16.6 Å². The molecule has 1 atom stereocenters. The smallest absolute Gasteiger partial charge is 0.0670 e. The van der Waals surface area contributed by atoms with E-state index in [4.69, 9.17) is 5.73 Å². The summed E-state index contributed by atoms with van der Waals surface area (Å²) in [5.41, 5.74) is 8.50. The first kappa shape index (κ1) is 10.6. The van der Waals surface area contributed by atoms with E-state index >= 15 is 0 Å². The molecule has 4 heteroatoms. The zero-order valence-electron chi connectivity index (χ0n) is 10.3. The average molecular weight is 230 g/mol. The SMILES string of the molecule is CC1(C)C(N)CCN1c1ccc2cn[nH]c2c1. The van der Waals surface area contributed by atoms with Crippen LogP contribution in [0.4, 0.5) is 5.69 Å². The number of hydrogen-bond donors (Lipinski definition) is 2. The maximum Gasteiger partial charge on any atom is 0.0670 e. The molecule has 17 heavy (non-hydrogen) atoms. The van der Waals surface area contributed by atoms with E-state index in [9.17, 15) is 0 Å². The van der Waals surface area contributed by atoms with Crippen molar-refractivity contribution in [3.05, 3.63) is 24.4 Å². The van der Waals surface area contributed by atoms with Crippen LogP contribution in [0.3, 0.4) is 0 Å². The molecule has 1 unspecified atom stereocenters. The van der Waals surface area contributed by atoms with E-state index in [2.05, 4.69) is 47.1 Å². The second kappa shape index (κ2) is 3.47. The van der Waals surface area contributed by atoms with Crippen LogP contribution in [0.2, 0.25) is 0 Å². The van der Waals surface area contributed by atoms with E-state index in [0.29, 0.717) is 0 Å². The molecule has 3 N–H and O–H groups in total. The van der Waals surface area contributed by atoms with E-state index in [1.807, 2.05) is 6.20 Å². The predicted molar refractivity (Wildman–Crippen MR) is 70.1 cm³/mol. The molecule has 1 saturated heterocycles. The van der Waals surface area contributed by atoms with Crippen molar-refractivity contribution in [2.45, 2.75) is 31.8 Å². The lowest BCUT2D eigenvalue weighted by molar-refractivity contribution is 0.453. The molecule has 2 aromatic rings. The van der Waals surface area contributed by atoms with Crippen LogP contribution in [-0.2, 0) is 0 Å². The number of anilines is 1. The van der Waals surface area contributed by atoms with E-state index in [0.717, 1.165) is 23.9 Å². The number of benzene rings is 1. The number of rotatable bonds is 1. The van der Waals surface area contributed by atoms with Gasteiger partial charge in [-0.05, 0) is 38.5 Å². The van der Waals surface area contributed by atoms with Crippen molar-refractivity contribution < 1.29 is 0 Å². The molecule has 1 aromatic carbocycles. The van der Waals surface area contributed by atoms with Crippen molar-refractivity contribution in [2.75, 3.05) is 11.4 Å². The highest BCUT2D eigenvalue weighted by molar-refractivity contribution is 5.82. The van der Waals surface area contributed by atoms with E-state index in [1.54, 1.807) is 0 Å². The first-order valence-electron chi connectivity index (χ1n) is 6.05. The minimum Gasteiger partial charge on any atom is -0.365 e. The van der Waals surface area contributed by atoms with E-state index in [1.165, 1.54) is 5.69 Å². The molecule has 0 saturated carbocycles. The molecule has 2 heterocycles. The number of aromatic nitrogens is 2. The Morgan fingerprint density at radius 3 is 3.00 bits per heavy atom. The maximum atomic E-state index is 6.17. The van der Waals surface area contributed by atoms with Gasteiger partial charge in [-0.25, -0.2) is 0 Å². The van der Waals surface area contributed by atoms with Gasteiger partial charge in [-0.3, -0.25) is 5.10 Å². The molecule has 0 spiro atoms. The monoisotopic (exact) mass is 230 g/mol. The highest BCUT2D eigenvalue weighted by Crippen LogP contribution is 2.33. The van der Waals surface area contributed by atoms with Crippen LogP contribution in [0.25, 0.3) is 10.9 Å². The second-order valence-electron chi connectivity index (χ2n) is 5.34. The number of nitrogens with two attached hydrogens (primary N) is 1. The Kier molecular flexibility index (Phi) is 2.16. The minimum atomic E-state index is 0.0215. The molecular formula is C13H18N4. The van der Waals surface area contributed by atoms with Gasteiger partial charge in [0.05, 0.1) is 11.7 Å². The molecule has 90 valence electrons. The summed E-state index contributed by atoms with van der Waals surface area (Å²) >= 11 is 0. The van der Waals surface area contributed by atoms with Crippen LogP contribution in [-0.4, -0.2) is 28.3 Å². The molecular weight excluding hydrogens is 212 g/mol. The largest absolute Gasteiger partial charge is 0.365 e. The lowest BCUT2D eigenvalue weighted by Crippen LogP contribution is -2.48. The Balaban J connectivity index is 2.03. The van der Waals surface area contributed by atoms with Crippen LogP contribution < -0.4 is 10.6 Å². The van der Waals surface area contributed by atoms with E-state index in [-0.39, 0.29) is 11.6 Å². The summed E-state index contributed by atoms with van der Waals surface area (Å²) in [6, 6.07) is 6.65. The molecule has 1 aromatic heterocycles. The highest BCUT2D eigenvalue weighted by atomic mass is 15.2. The molecule has 0 aliphatic carbocycles. The summed E-state index contributed by atoms with van der Waals surface area (Å²) < 4.78 is 0. The van der Waals surface area contributed by atoms with Crippen LogP contribution in [0.5, 0.6) is 0 Å². The van der Waals surface area contributed by atoms with Crippen molar-refractivity contribution in [1.82, 2.24) is 10.2 Å². The third-order valence-corrected chi connectivity index (χ3v) is 4.00. The third kappa shape index (κ3) is 1.52. The molecule has 0 amide bonds. The van der Waals surface area contributed by atoms with Crippen LogP contribution >= 0.6 is 0 Å². The molecule has 1 fully saturated rings. The van der Waals surface area contributed by atoms with Gasteiger partial charge >= 0.3 is 0 Å². The summed E-state index contributed by atoms with van der Waals surface area (Å²) in [6.07, 6.45) is 2.90. The van der Waals surface area contributed by atoms with Crippen molar-refractivity contribution in [3.63, 3.8) is 0 Å². The molecule has 3 rings (SSSR count). The van der Waals surface area contributed by atoms with Gasteiger partial charge in [0, 0.05) is 29.2 Å². The lowest BCUT2D eigenvalue weighted by Gasteiger charge is -2.36. The molecule has 1 aliphatic rings. The zero-order valence-corrected chi connectivity index (χ0v) is 10.3. The van der Waals surface area contributed by atoms with Gasteiger partial charge in [0.25, 0.3) is 0 Å². The molecule has 1 aliphatic heterocycles. The summed E-state index contributed by atoms with van der Waals surface area (Å²) in [5, 5.41) is 8.21. The Bertz CT molecular complexity index is 543. The fraction of sp³-hybridized carbons (Fsp3) is 0.462. The average Bonchev–Trinajstić information content (AvgIpc) is 2.84. The topological polar surface area (TPSA) is 57.9 Å². The fourth-order valence-corrected chi connectivity index (χ4v) is 2.66. The van der Waals surface area contributed by atoms with Crippen LogP contribution in [0.1, 0.15) is 20.3 Å². The number of nitrogens with zero attached hydrogens (tertiary/aromatic N) is 2. The van der Waals surface area contributed by atoms with E-state index < -0.39 is 0 Å². The summed E-state index contributed by atoms with van der Waals surface area (Å²) in [7, 11) is 0. The number of nitrogens with one attached hydrogen (secondary N) is 1. The van der Waals surface area contributed by atoms with Gasteiger partial charge in [0.1, 0.15) is 0 Å². The molecule has 4 nitrogen and oxygen atoms in total. The maximum absolute atomic E-state index is 6.17. The Hall–Kier alpha value is -1.55. The third-order valence-electron chi connectivity index (χ3n) is 4.00. The first-order valence-corrected chi connectivity index (χ1v) is 6.05. The van der Waals surface area contributed by atoms with Gasteiger partial charge in [0.15, 0.2) is 0 Å². The fourth-order valence-electron chi connectivity index (χ4n) is 2.66. The summed E-state index contributed by atoms with van der Waals surface area (Å²) in [6.45, 7) is 5.44. The first-order chi connectivity index (χ1) is 8.09. The van der Waals surface area contributed by atoms with Crippen LogP contribution in [0, 0.1) is 0 Å². The Morgan fingerprint density at radius 2 is 2.29 bits per heavy atom. The van der Waals surface area contributed by atoms with Crippen molar-refractivity contribution in [3.8, 4) is 0 Å². The number of hydrogen-bond acceptors (Lipinski definition) is 3. The molecule has 0 radical (unpaired) electrons.